The van der Waals surface area contributed by atoms with E-state index in [0.717, 1.165) is 17.5 Å². The van der Waals surface area contributed by atoms with Crippen LogP contribution in [-0.4, -0.2) is 48.3 Å². The molecule has 0 unspecified atom stereocenters. The zero-order chi connectivity index (χ0) is 24.6. The Bertz CT molecular complexity index is 1110. The fourth-order valence-corrected chi connectivity index (χ4v) is 4.42. The Labute approximate surface area is 204 Å². The monoisotopic (exact) mass is 473 g/mol. The number of benzene rings is 3. The van der Waals surface area contributed by atoms with E-state index in [2.05, 4.69) is 10.6 Å². The van der Waals surface area contributed by atoms with Gasteiger partial charge in [-0.2, -0.15) is 0 Å². The van der Waals surface area contributed by atoms with E-state index >= 15 is 0 Å². The van der Waals surface area contributed by atoms with Crippen LogP contribution in [0.4, 0.5) is 4.39 Å². The third kappa shape index (κ3) is 5.93. The Kier molecular flexibility index (Phi) is 7.88. The van der Waals surface area contributed by atoms with Crippen molar-refractivity contribution in [3.8, 4) is 0 Å². The van der Waals surface area contributed by atoms with Crippen LogP contribution in [0.5, 0.6) is 0 Å². The molecule has 1 aliphatic rings. The third-order valence-corrected chi connectivity index (χ3v) is 6.17. The molecule has 6 nitrogen and oxygen atoms in total. The number of rotatable bonds is 8. The van der Waals surface area contributed by atoms with Crippen LogP contribution in [0.3, 0.4) is 0 Å². The van der Waals surface area contributed by atoms with Gasteiger partial charge in [0.2, 0.25) is 11.8 Å². The lowest BCUT2D eigenvalue weighted by Crippen LogP contribution is -2.48. The molecule has 0 bridgehead atoms. The third-order valence-electron chi connectivity index (χ3n) is 6.17. The molecule has 2 N–H and O–H groups in total. The Morgan fingerprint density at radius 3 is 2.00 bits per heavy atom. The van der Waals surface area contributed by atoms with Crippen molar-refractivity contribution in [3.05, 3.63) is 107 Å². The van der Waals surface area contributed by atoms with E-state index in [1.54, 1.807) is 4.90 Å². The molecule has 180 valence electrons. The van der Waals surface area contributed by atoms with E-state index in [1.165, 1.54) is 24.3 Å². The molecule has 0 radical (unpaired) electrons. The molecule has 1 heterocycles. The van der Waals surface area contributed by atoms with Gasteiger partial charge in [0.1, 0.15) is 11.9 Å². The highest BCUT2D eigenvalue weighted by molar-refractivity contribution is 5.94. The number of carbonyl (C=O) groups is 3. The predicted molar refractivity (Wildman–Crippen MR) is 131 cm³/mol. The minimum absolute atomic E-state index is 0.0929. The summed E-state index contributed by atoms with van der Waals surface area (Å²) >= 11 is 0. The number of nitrogens with one attached hydrogen (secondary N) is 2. The highest BCUT2D eigenvalue weighted by atomic mass is 19.1. The summed E-state index contributed by atoms with van der Waals surface area (Å²) in [5.41, 5.74) is 2.12. The number of carbonyl (C=O) groups excluding carboxylic acids is 3. The van der Waals surface area contributed by atoms with Gasteiger partial charge in [-0.25, -0.2) is 4.39 Å². The molecule has 0 aromatic heterocycles. The average Bonchev–Trinajstić information content (AvgIpc) is 3.38. The quantitative estimate of drug-likeness (QED) is 0.492. The highest BCUT2D eigenvalue weighted by Crippen LogP contribution is 2.30. The van der Waals surface area contributed by atoms with Crippen molar-refractivity contribution in [2.45, 2.75) is 24.8 Å². The number of halogens is 1. The fraction of sp³-hybridized carbons (Fsp3) is 0.250. The second-order valence-electron chi connectivity index (χ2n) is 8.50. The van der Waals surface area contributed by atoms with Crippen LogP contribution in [0, 0.1) is 5.82 Å². The zero-order valence-electron chi connectivity index (χ0n) is 19.3. The zero-order valence-corrected chi connectivity index (χ0v) is 19.3. The summed E-state index contributed by atoms with van der Waals surface area (Å²) in [6, 6.07) is 23.9. The standard InChI is InChI=1S/C28H28FN3O3/c29-23-15-13-22(14-16-23)26(33)30-17-18-31-27(34)24-12-7-19-32(24)28(35)25(20-8-3-1-4-9-20)21-10-5-2-6-11-21/h1-6,8-11,13-16,24-25H,7,12,17-19H2,(H,30,33)(H,31,34)/t24-/m1/s1. The lowest BCUT2D eigenvalue weighted by Gasteiger charge is -2.29. The van der Waals surface area contributed by atoms with Gasteiger partial charge in [-0.05, 0) is 48.2 Å². The molecule has 1 saturated heterocycles. The molecule has 0 spiro atoms. The van der Waals surface area contributed by atoms with Gasteiger partial charge in [0.15, 0.2) is 0 Å². The van der Waals surface area contributed by atoms with Crippen molar-refractivity contribution in [3.63, 3.8) is 0 Å². The lowest BCUT2D eigenvalue weighted by molar-refractivity contribution is -0.138. The smallest absolute Gasteiger partial charge is 0.251 e. The molecule has 0 aliphatic carbocycles. The summed E-state index contributed by atoms with van der Waals surface area (Å²) in [7, 11) is 0. The van der Waals surface area contributed by atoms with Crippen LogP contribution < -0.4 is 10.6 Å². The molecule has 4 rings (SSSR count). The highest BCUT2D eigenvalue weighted by Gasteiger charge is 2.38. The minimum Gasteiger partial charge on any atom is -0.353 e. The number of amides is 3. The molecule has 1 fully saturated rings. The molecule has 35 heavy (non-hydrogen) atoms. The van der Waals surface area contributed by atoms with Crippen molar-refractivity contribution in [2.75, 3.05) is 19.6 Å². The number of likely N-dealkylation sites (tertiary alicyclic amines) is 1. The Balaban J connectivity index is 1.37. The van der Waals surface area contributed by atoms with Gasteiger partial charge in [-0.3, -0.25) is 14.4 Å². The molecule has 1 aliphatic heterocycles. The Hall–Kier alpha value is -4.00. The largest absolute Gasteiger partial charge is 0.353 e. The van der Waals surface area contributed by atoms with Crippen LogP contribution in [0.15, 0.2) is 84.9 Å². The summed E-state index contributed by atoms with van der Waals surface area (Å²) in [6.45, 7) is 0.971. The molecular weight excluding hydrogens is 445 g/mol. The number of hydrogen-bond acceptors (Lipinski definition) is 3. The first kappa shape index (κ1) is 24.1. The van der Waals surface area contributed by atoms with Crippen molar-refractivity contribution < 1.29 is 18.8 Å². The summed E-state index contributed by atoms with van der Waals surface area (Å²) in [5.74, 6) is -1.56. The molecular formula is C28H28FN3O3. The minimum atomic E-state index is -0.551. The van der Waals surface area contributed by atoms with Gasteiger partial charge in [0.05, 0.1) is 5.92 Å². The van der Waals surface area contributed by atoms with Crippen LogP contribution in [0.2, 0.25) is 0 Å². The van der Waals surface area contributed by atoms with E-state index in [0.29, 0.717) is 18.5 Å². The summed E-state index contributed by atoms with van der Waals surface area (Å²) < 4.78 is 13.0. The van der Waals surface area contributed by atoms with E-state index in [1.807, 2.05) is 60.7 Å². The maximum absolute atomic E-state index is 13.7. The van der Waals surface area contributed by atoms with E-state index in [9.17, 15) is 18.8 Å². The Morgan fingerprint density at radius 2 is 1.40 bits per heavy atom. The first-order valence-electron chi connectivity index (χ1n) is 11.8. The lowest BCUT2D eigenvalue weighted by atomic mass is 9.90. The number of nitrogens with zero attached hydrogens (tertiary/aromatic N) is 1. The topological polar surface area (TPSA) is 78.5 Å². The molecule has 7 heteroatoms. The first-order valence-corrected chi connectivity index (χ1v) is 11.8. The summed E-state index contributed by atoms with van der Waals surface area (Å²) in [4.78, 5) is 40.5. The van der Waals surface area contributed by atoms with Crippen molar-refractivity contribution in [1.82, 2.24) is 15.5 Å². The van der Waals surface area contributed by atoms with Crippen molar-refractivity contribution in [1.29, 1.82) is 0 Å². The molecule has 0 saturated carbocycles. The predicted octanol–water partition coefficient (Wildman–Crippen LogP) is 3.49. The van der Waals surface area contributed by atoms with Crippen molar-refractivity contribution in [2.24, 2.45) is 0 Å². The maximum atomic E-state index is 13.7. The van der Waals surface area contributed by atoms with Crippen LogP contribution in [-0.2, 0) is 9.59 Å². The maximum Gasteiger partial charge on any atom is 0.251 e. The van der Waals surface area contributed by atoms with Gasteiger partial charge >= 0.3 is 0 Å². The second kappa shape index (κ2) is 11.4. The van der Waals surface area contributed by atoms with Gasteiger partial charge in [-0.1, -0.05) is 60.7 Å². The summed E-state index contributed by atoms with van der Waals surface area (Å²) in [5, 5.41) is 5.54. The van der Waals surface area contributed by atoms with E-state index in [-0.39, 0.29) is 30.8 Å². The molecule has 3 aromatic rings. The van der Waals surface area contributed by atoms with Crippen molar-refractivity contribution >= 4 is 17.7 Å². The van der Waals surface area contributed by atoms with Gasteiger partial charge < -0.3 is 15.5 Å². The summed E-state index contributed by atoms with van der Waals surface area (Å²) in [6.07, 6.45) is 1.34. The van der Waals surface area contributed by atoms with Crippen LogP contribution in [0.1, 0.15) is 40.2 Å². The Morgan fingerprint density at radius 1 is 0.829 bits per heavy atom. The van der Waals surface area contributed by atoms with Gasteiger partial charge in [0, 0.05) is 25.2 Å². The normalized spacial score (nSPS) is 15.1. The SMILES string of the molecule is O=C(NCCNC(=O)[C@H]1CCCN1C(=O)C(c1ccccc1)c1ccccc1)c1ccc(F)cc1. The van der Waals surface area contributed by atoms with Crippen LogP contribution >= 0.6 is 0 Å². The van der Waals surface area contributed by atoms with Crippen LogP contribution in [0.25, 0.3) is 0 Å². The van der Waals surface area contributed by atoms with E-state index < -0.39 is 17.8 Å². The first-order chi connectivity index (χ1) is 17.0. The average molecular weight is 474 g/mol. The second-order valence-corrected chi connectivity index (χ2v) is 8.50. The fourth-order valence-electron chi connectivity index (χ4n) is 4.42. The molecule has 3 aromatic carbocycles. The molecule has 3 amide bonds. The van der Waals surface area contributed by atoms with E-state index in [4.69, 9.17) is 0 Å². The van der Waals surface area contributed by atoms with Gasteiger partial charge in [0.25, 0.3) is 5.91 Å². The van der Waals surface area contributed by atoms with Gasteiger partial charge in [-0.15, -0.1) is 0 Å². The molecule has 1 atom stereocenters. The number of hydrogen-bond donors (Lipinski definition) is 2.